The van der Waals surface area contributed by atoms with E-state index in [1.807, 2.05) is 11.8 Å². The van der Waals surface area contributed by atoms with Crippen molar-refractivity contribution in [1.29, 1.82) is 0 Å². The number of carbonyl (C=O) groups excluding carboxylic acids is 1. The summed E-state index contributed by atoms with van der Waals surface area (Å²) in [4.78, 5) is 26.8. The number of piperidine rings is 1. The number of carbonyl (C=O) groups is 2. The van der Waals surface area contributed by atoms with Gasteiger partial charge < -0.3 is 19.6 Å². The third-order valence-corrected chi connectivity index (χ3v) is 3.76. The smallest absolute Gasteiger partial charge is 0.320 e. The fourth-order valence-corrected chi connectivity index (χ4v) is 2.84. The predicted molar refractivity (Wildman–Crippen MR) is 68.9 cm³/mol. The zero-order chi connectivity index (χ0) is 13.8. The van der Waals surface area contributed by atoms with Gasteiger partial charge in [-0.15, -0.1) is 0 Å². The molecule has 1 N–H and O–H groups in total. The van der Waals surface area contributed by atoms with Crippen LogP contribution in [0.2, 0.25) is 0 Å². The Balaban J connectivity index is 1.89. The number of likely N-dealkylation sites (tertiary alicyclic amines) is 1. The summed E-state index contributed by atoms with van der Waals surface area (Å²) in [7, 11) is 0. The lowest BCUT2D eigenvalue weighted by Crippen LogP contribution is -2.52. The molecule has 0 aromatic rings. The van der Waals surface area contributed by atoms with Crippen LogP contribution in [0.1, 0.15) is 26.2 Å². The first-order chi connectivity index (χ1) is 9.06. The zero-order valence-electron chi connectivity index (χ0n) is 11.4. The van der Waals surface area contributed by atoms with Crippen molar-refractivity contribution < 1.29 is 19.4 Å². The van der Waals surface area contributed by atoms with Crippen LogP contribution in [0.5, 0.6) is 0 Å². The van der Waals surface area contributed by atoms with Crippen LogP contribution in [0, 0.1) is 5.92 Å². The van der Waals surface area contributed by atoms with Gasteiger partial charge in [0, 0.05) is 32.6 Å². The van der Waals surface area contributed by atoms with Gasteiger partial charge in [-0.2, -0.15) is 0 Å². The largest absolute Gasteiger partial charge is 0.481 e. The van der Waals surface area contributed by atoms with E-state index in [1.54, 1.807) is 4.90 Å². The van der Waals surface area contributed by atoms with Crippen molar-refractivity contribution in [2.75, 3.05) is 32.8 Å². The first-order valence-electron chi connectivity index (χ1n) is 6.93. The maximum atomic E-state index is 12.4. The first-order valence-corrected chi connectivity index (χ1v) is 6.93. The highest BCUT2D eigenvalue weighted by atomic mass is 16.5. The average Bonchev–Trinajstić information content (AvgIpc) is 2.37. The van der Waals surface area contributed by atoms with Gasteiger partial charge in [-0.05, 0) is 25.7 Å². The molecule has 2 amide bonds. The van der Waals surface area contributed by atoms with E-state index >= 15 is 0 Å². The van der Waals surface area contributed by atoms with Gasteiger partial charge in [-0.25, -0.2) is 4.79 Å². The van der Waals surface area contributed by atoms with E-state index in [4.69, 9.17) is 9.84 Å². The molecule has 0 bridgehead atoms. The number of morpholine rings is 1. The molecule has 2 aliphatic rings. The van der Waals surface area contributed by atoms with Gasteiger partial charge in [0.2, 0.25) is 0 Å². The van der Waals surface area contributed by atoms with Crippen LogP contribution in [-0.2, 0) is 9.53 Å². The van der Waals surface area contributed by atoms with Crippen LogP contribution in [0.4, 0.5) is 4.79 Å². The Bertz CT molecular complexity index is 348. The first kappa shape index (κ1) is 14.1. The highest BCUT2D eigenvalue weighted by Crippen LogP contribution is 2.21. The summed E-state index contributed by atoms with van der Waals surface area (Å²) in [6, 6.07) is 0.0326. The molecule has 108 valence electrons. The standard InChI is InChI=1S/C13H22N2O4/c1-10-8-15(5-6-19-10)13(18)14-4-2-3-11(9-14)7-12(16)17/h10-11H,2-9H2,1H3,(H,16,17). The van der Waals surface area contributed by atoms with Crippen molar-refractivity contribution in [2.24, 2.45) is 5.92 Å². The molecule has 2 atom stereocenters. The second-order valence-corrected chi connectivity index (χ2v) is 5.46. The average molecular weight is 270 g/mol. The van der Waals surface area contributed by atoms with E-state index in [-0.39, 0.29) is 24.5 Å². The number of urea groups is 1. The van der Waals surface area contributed by atoms with Gasteiger partial charge in [-0.3, -0.25) is 4.79 Å². The summed E-state index contributed by atoms with van der Waals surface area (Å²) >= 11 is 0. The molecule has 0 aliphatic carbocycles. The van der Waals surface area contributed by atoms with Crippen LogP contribution in [-0.4, -0.2) is 65.8 Å². The molecule has 0 spiro atoms. The van der Waals surface area contributed by atoms with Gasteiger partial charge in [0.05, 0.1) is 12.7 Å². The quantitative estimate of drug-likeness (QED) is 0.813. The second kappa shape index (κ2) is 6.23. The molecule has 19 heavy (non-hydrogen) atoms. The molecular formula is C13H22N2O4. The van der Waals surface area contributed by atoms with Crippen molar-refractivity contribution in [2.45, 2.75) is 32.3 Å². The lowest BCUT2D eigenvalue weighted by Gasteiger charge is -2.38. The van der Waals surface area contributed by atoms with Crippen molar-refractivity contribution >= 4 is 12.0 Å². The third kappa shape index (κ3) is 3.83. The lowest BCUT2D eigenvalue weighted by atomic mass is 9.95. The van der Waals surface area contributed by atoms with Gasteiger partial charge in [0.1, 0.15) is 0 Å². The Morgan fingerprint density at radius 3 is 2.68 bits per heavy atom. The Morgan fingerprint density at radius 1 is 1.26 bits per heavy atom. The van der Waals surface area contributed by atoms with Crippen LogP contribution >= 0.6 is 0 Å². The van der Waals surface area contributed by atoms with Crippen molar-refractivity contribution in [3.63, 3.8) is 0 Å². The lowest BCUT2D eigenvalue weighted by molar-refractivity contribution is -0.138. The second-order valence-electron chi connectivity index (χ2n) is 5.46. The molecule has 2 rings (SSSR count). The van der Waals surface area contributed by atoms with Crippen LogP contribution in [0.3, 0.4) is 0 Å². The maximum absolute atomic E-state index is 12.4. The SMILES string of the molecule is CC1CN(C(=O)N2CCCC(CC(=O)O)C2)CCO1. The topological polar surface area (TPSA) is 70.1 Å². The minimum absolute atomic E-state index is 0.0326. The highest BCUT2D eigenvalue weighted by Gasteiger charge is 2.30. The molecule has 0 aromatic carbocycles. The Kier molecular flexibility index (Phi) is 4.63. The molecule has 0 saturated carbocycles. The molecule has 0 aromatic heterocycles. The summed E-state index contributed by atoms with van der Waals surface area (Å²) in [5.74, 6) is -0.687. The third-order valence-electron chi connectivity index (χ3n) is 3.76. The van der Waals surface area contributed by atoms with E-state index in [1.165, 1.54) is 0 Å². The Labute approximate surface area is 113 Å². The summed E-state index contributed by atoms with van der Waals surface area (Å²) in [6.45, 7) is 5.10. The van der Waals surface area contributed by atoms with E-state index in [2.05, 4.69) is 0 Å². The minimum Gasteiger partial charge on any atom is -0.481 e. The molecule has 2 aliphatic heterocycles. The minimum atomic E-state index is -0.778. The number of aliphatic carboxylic acids is 1. The van der Waals surface area contributed by atoms with E-state index in [0.29, 0.717) is 26.2 Å². The molecule has 2 saturated heterocycles. The van der Waals surface area contributed by atoms with Gasteiger partial charge >= 0.3 is 12.0 Å². The molecule has 6 nitrogen and oxygen atoms in total. The van der Waals surface area contributed by atoms with Gasteiger partial charge in [0.15, 0.2) is 0 Å². The summed E-state index contributed by atoms with van der Waals surface area (Å²) in [5, 5.41) is 8.84. The van der Waals surface area contributed by atoms with Crippen molar-refractivity contribution in [3.05, 3.63) is 0 Å². The summed E-state index contributed by atoms with van der Waals surface area (Å²) in [6.07, 6.45) is 2.03. The number of carboxylic acids is 1. The molecule has 0 radical (unpaired) electrons. The number of amides is 2. The number of hydrogen-bond donors (Lipinski definition) is 1. The van der Waals surface area contributed by atoms with E-state index in [0.717, 1.165) is 19.4 Å². The van der Waals surface area contributed by atoms with Gasteiger partial charge in [-0.1, -0.05) is 0 Å². The normalized spacial score (nSPS) is 28.3. The molecular weight excluding hydrogens is 248 g/mol. The summed E-state index contributed by atoms with van der Waals surface area (Å²) < 4.78 is 5.43. The number of ether oxygens (including phenoxy) is 1. The maximum Gasteiger partial charge on any atom is 0.320 e. The van der Waals surface area contributed by atoms with Crippen LogP contribution in [0.15, 0.2) is 0 Å². The zero-order valence-corrected chi connectivity index (χ0v) is 11.4. The number of carboxylic acid groups (broad SMARTS) is 1. The predicted octanol–water partition coefficient (Wildman–Crippen LogP) is 1.01. The molecule has 2 heterocycles. The van der Waals surface area contributed by atoms with Crippen LogP contribution in [0.25, 0.3) is 0 Å². The Hall–Kier alpha value is -1.30. The van der Waals surface area contributed by atoms with E-state index < -0.39 is 5.97 Å². The van der Waals surface area contributed by atoms with Crippen LogP contribution < -0.4 is 0 Å². The highest BCUT2D eigenvalue weighted by molar-refractivity contribution is 5.75. The van der Waals surface area contributed by atoms with Crippen molar-refractivity contribution in [3.8, 4) is 0 Å². The number of rotatable bonds is 2. The van der Waals surface area contributed by atoms with Gasteiger partial charge in [0.25, 0.3) is 0 Å². The fraction of sp³-hybridized carbons (Fsp3) is 0.846. The van der Waals surface area contributed by atoms with Crippen molar-refractivity contribution in [1.82, 2.24) is 9.80 Å². The fourth-order valence-electron chi connectivity index (χ4n) is 2.84. The molecule has 2 unspecified atom stereocenters. The van der Waals surface area contributed by atoms with E-state index in [9.17, 15) is 9.59 Å². The molecule has 2 fully saturated rings. The summed E-state index contributed by atoms with van der Waals surface area (Å²) in [5.41, 5.74) is 0. The Morgan fingerprint density at radius 2 is 2.00 bits per heavy atom. The number of nitrogens with zero attached hydrogens (tertiary/aromatic N) is 2. The monoisotopic (exact) mass is 270 g/mol. The molecule has 6 heteroatoms. The number of hydrogen-bond acceptors (Lipinski definition) is 3.